The lowest BCUT2D eigenvalue weighted by molar-refractivity contribution is -0.149. The van der Waals surface area contributed by atoms with Gasteiger partial charge in [-0.15, -0.1) is 0 Å². The van der Waals surface area contributed by atoms with Crippen LogP contribution < -0.4 is 10.5 Å². The Morgan fingerprint density at radius 2 is 2.00 bits per heavy atom. The summed E-state index contributed by atoms with van der Waals surface area (Å²) in [7, 11) is 0. The molecule has 1 saturated heterocycles. The molecule has 1 fully saturated rings. The number of piperidine rings is 1. The van der Waals surface area contributed by atoms with Crippen LogP contribution in [0.25, 0.3) is 0 Å². The van der Waals surface area contributed by atoms with E-state index in [-0.39, 0.29) is 25.0 Å². The molecule has 0 bridgehead atoms. The van der Waals surface area contributed by atoms with Crippen LogP contribution in [0.3, 0.4) is 0 Å². The van der Waals surface area contributed by atoms with Crippen molar-refractivity contribution >= 4 is 27.7 Å². The molecule has 0 spiro atoms. The van der Waals surface area contributed by atoms with Crippen molar-refractivity contribution in [2.75, 3.05) is 13.2 Å². The summed E-state index contributed by atoms with van der Waals surface area (Å²) in [6, 6.07) is 6.79. The van der Waals surface area contributed by atoms with Crippen LogP contribution in [0.4, 0.5) is 0 Å². The van der Waals surface area contributed by atoms with E-state index in [2.05, 4.69) is 15.9 Å². The maximum Gasteiger partial charge on any atom is 0.246 e. The Bertz CT molecular complexity index is 475. The Hall–Kier alpha value is -1.40. The minimum atomic E-state index is -0.564. The van der Waals surface area contributed by atoms with Gasteiger partial charge in [-0.05, 0) is 30.7 Å². The summed E-state index contributed by atoms with van der Waals surface area (Å²) in [4.78, 5) is 24.6. The first-order chi connectivity index (χ1) is 9.08. The summed E-state index contributed by atoms with van der Waals surface area (Å²) in [5, 5.41) is 0. The molecule has 5 nitrogen and oxygen atoms in total. The number of hydrogen-bond donors (Lipinski definition) is 1. The van der Waals surface area contributed by atoms with E-state index in [0.717, 1.165) is 4.47 Å². The SMILES string of the molecule is NC1CCC(=O)N(CCOc2ccc(Br)cc2)C1=O. The molecule has 0 aromatic heterocycles. The maximum absolute atomic E-state index is 11.7. The second-order valence-corrected chi connectivity index (χ2v) is 5.25. The minimum absolute atomic E-state index is 0.175. The number of nitrogens with two attached hydrogens (primary N) is 1. The van der Waals surface area contributed by atoms with Gasteiger partial charge in [0.1, 0.15) is 12.4 Å². The van der Waals surface area contributed by atoms with Crippen LogP contribution in [0.1, 0.15) is 12.8 Å². The molecule has 0 aliphatic carbocycles. The number of carbonyl (C=O) groups excluding carboxylic acids is 2. The van der Waals surface area contributed by atoms with Crippen molar-refractivity contribution < 1.29 is 14.3 Å². The first-order valence-corrected chi connectivity index (χ1v) is 6.85. The molecule has 1 unspecified atom stereocenters. The third kappa shape index (κ3) is 3.54. The van der Waals surface area contributed by atoms with Crippen molar-refractivity contribution in [2.24, 2.45) is 5.73 Å². The molecule has 0 radical (unpaired) electrons. The first-order valence-electron chi connectivity index (χ1n) is 6.06. The average molecular weight is 327 g/mol. The fourth-order valence-electron chi connectivity index (χ4n) is 1.88. The number of nitrogens with zero attached hydrogens (tertiary/aromatic N) is 1. The molecular formula is C13H15BrN2O3. The van der Waals surface area contributed by atoms with Gasteiger partial charge in [0.2, 0.25) is 11.8 Å². The molecule has 2 amide bonds. The minimum Gasteiger partial charge on any atom is -0.492 e. The van der Waals surface area contributed by atoms with Gasteiger partial charge in [0.05, 0.1) is 12.6 Å². The van der Waals surface area contributed by atoms with Crippen LogP contribution in [-0.2, 0) is 9.59 Å². The molecule has 1 aromatic rings. The largest absolute Gasteiger partial charge is 0.492 e. The fourth-order valence-corrected chi connectivity index (χ4v) is 2.15. The van der Waals surface area contributed by atoms with Gasteiger partial charge in [-0.25, -0.2) is 0 Å². The summed E-state index contributed by atoms with van der Waals surface area (Å²) >= 11 is 3.33. The van der Waals surface area contributed by atoms with E-state index >= 15 is 0 Å². The number of benzene rings is 1. The van der Waals surface area contributed by atoms with Crippen molar-refractivity contribution in [3.63, 3.8) is 0 Å². The number of hydrogen-bond acceptors (Lipinski definition) is 4. The van der Waals surface area contributed by atoms with Crippen molar-refractivity contribution in [3.8, 4) is 5.75 Å². The van der Waals surface area contributed by atoms with E-state index in [1.54, 1.807) is 0 Å². The first kappa shape index (κ1) is 14.0. The maximum atomic E-state index is 11.7. The van der Waals surface area contributed by atoms with Gasteiger partial charge >= 0.3 is 0 Å². The molecule has 2 N–H and O–H groups in total. The number of likely N-dealkylation sites (tertiary alicyclic amines) is 1. The molecule has 102 valence electrons. The molecule has 1 aromatic carbocycles. The van der Waals surface area contributed by atoms with Crippen molar-refractivity contribution in [2.45, 2.75) is 18.9 Å². The lowest BCUT2D eigenvalue weighted by Gasteiger charge is -2.28. The zero-order valence-electron chi connectivity index (χ0n) is 10.3. The highest BCUT2D eigenvalue weighted by atomic mass is 79.9. The highest BCUT2D eigenvalue weighted by Crippen LogP contribution is 2.16. The summed E-state index contributed by atoms with van der Waals surface area (Å²) in [5.74, 6) is 0.214. The lowest BCUT2D eigenvalue weighted by atomic mass is 10.1. The molecular weight excluding hydrogens is 312 g/mol. The van der Waals surface area contributed by atoms with E-state index in [4.69, 9.17) is 10.5 Å². The number of halogens is 1. The molecule has 1 atom stereocenters. The summed E-state index contributed by atoms with van der Waals surface area (Å²) in [6.45, 7) is 0.507. The Morgan fingerprint density at radius 1 is 1.32 bits per heavy atom. The second-order valence-electron chi connectivity index (χ2n) is 4.33. The van der Waals surface area contributed by atoms with Crippen LogP contribution in [0.15, 0.2) is 28.7 Å². The summed E-state index contributed by atoms with van der Waals surface area (Å²) in [5.41, 5.74) is 5.64. The Kier molecular flexibility index (Phi) is 4.55. The molecule has 1 aliphatic heterocycles. The van der Waals surface area contributed by atoms with E-state index in [0.29, 0.717) is 18.6 Å². The van der Waals surface area contributed by atoms with Gasteiger partial charge in [0, 0.05) is 10.9 Å². The molecule has 6 heteroatoms. The number of imide groups is 1. The number of amides is 2. The Labute approximate surface area is 119 Å². The summed E-state index contributed by atoms with van der Waals surface area (Å²) in [6.07, 6.45) is 0.757. The number of rotatable bonds is 4. The van der Waals surface area contributed by atoms with Gasteiger partial charge in [-0.1, -0.05) is 15.9 Å². The van der Waals surface area contributed by atoms with Gasteiger partial charge in [0.25, 0.3) is 0 Å². The molecule has 1 aliphatic rings. The van der Waals surface area contributed by atoms with Crippen LogP contribution in [-0.4, -0.2) is 35.9 Å². The standard InChI is InChI=1S/C13H15BrN2O3/c14-9-1-3-10(4-2-9)19-8-7-16-12(17)6-5-11(15)13(16)18/h1-4,11H,5-8,15H2. The average Bonchev–Trinajstić information content (AvgIpc) is 2.40. The number of ether oxygens (including phenoxy) is 1. The van der Waals surface area contributed by atoms with Crippen molar-refractivity contribution in [1.29, 1.82) is 0 Å². The lowest BCUT2D eigenvalue weighted by Crippen LogP contribution is -2.52. The van der Waals surface area contributed by atoms with Gasteiger partial charge in [-0.3, -0.25) is 14.5 Å². The molecule has 19 heavy (non-hydrogen) atoms. The predicted molar refractivity (Wildman–Crippen MR) is 73.6 cm³/mol. The monoisotopic (exact) mass is 326 g/mol. The van der Waals surface area contributed by atoms with E-state index < -0.39 is 6.04 Å². The van der Waals surface area contributed by atoms with Crippen LogP contribution in [0.5, 0.6) is 5.75 Å². The summed E-state index contributed by atoms with van der Waals surface area (Å²) < 4.78 is 6.45. The van der Waals surface area contributed by atoms with E-state index in [1.807, 2.05) is 24.3 Å². The smallest absolute Gasteiger partial charge is 0.246 e. The third-order valence-corrected chi connectivity index (χ3v) is 3.48. The molecule has 1 heterocycles. The highest BCUT2D eigenvalue weighted by molar-refractivity contribution is 9.10. The van der Waals surface area contributed by atoms with Gasteiger partial charge < -0.3 is 10.5 Å². The van der Waals surface area contributed by atoms with Crippen molar-refractivity contribution in [1.82, 2.24) is 4.90 Å². The zero-order valence-corrected chi connectivity index (χ0v) is 11.9. The highest BCUT2D eigenvalue weighted by Gasteiger charge is 2.31. The van der Waals surface area contributed by atoms with Crippen LogP contribution >= 0.6 is 15.9 Å². The second kappa shape index (κ2) is 6.16. The topological polar surface area (TPSA) is 72.6 Å². The zero-order chi connectivity index (χ0) is 13.8. The molecule has 2 rings (SSSR count). The van der Waals surface area contributed by atoms with E-state index in [9.17, 15) is 9.59 Å². The number of carbonyl (C=O) groups is 2. The molecule has 0 saturated carbocycles. The van der Waals surface area contributed by atoms with Gasteiger partial charge in [0.15, 0.2) is 0 Å². The van der Waals surface area contributed by atoms with Crippen LogP contribution in [0, 0.1) is 0 Å². The van der Waals surface area contributed by atoms with Gasteiger partial charge in [-0.2, -0.15) is 0 Å². The fraction of sp³-hybridized carbons (Fsp3) is 0.385. The predicted octanol–water partition coefficient (Wildman–Crippen LogP) is 1.30. The van der Waals surface area contributed by atoms with Crippen LogP contribution in [0.2, 0.25) is 0 Å². The third-order valence-electron chi connectivity index (χ3n) is 2.95. The quantitative estimate of drug-likeness (QED) is 0.846. The van der Waals surface area contributed by atoms with E-state index in [1.165, 1.54) is 4.90 Å². The normalized spacial score (nSPS) is 19.7. The Morgan fingerprint density at radius 3 is 2.68 bits per heavy atom. The Balaban J connectivity index is 1.86. The van der Waals surface area contributed by atoms with Crippen molar-refractivity contribution in [3.05, 3.63) is 28.7 Å².